The van der Waals surface area contributed by atoms with Crippen LogP contribution in [0.4, 0.5) is 0 Å². The molecule has 2 N–H and O–H groups in total. The van der Waals surface area contributed by atoms with Gasteiger partial charge in [0.15, 0.2) is 0 Å². The van der Waals surface area contributed by atoms with Crippen LogP contribution in [-0.2, 0) is 4.79 Å². The van der Waals surface area contributed by atoms with Crippen LogP contribution in [-0.4, -0.2) is 23.7 Å². The van der Waals surface area contributed by atoms with Gasteiger partial charge < -0.3 is 10.4 Å². The number of carboxylic acid groups (broad SMARTS) is 1. The molecule has 0 amide bonds. The molecule has 1 saturated carbocycles. The number of carboxylic acids is 1. The van der Waals surface area contributed by atoms with Crippen molar-refractivity contribution in [3.8, 4) is 0 Å². The number of nitrogens with one attached hydrogen (secondary N) is 1. The lowest BCUT2D eigenvalue weighted by atomic mass is 10.1. The van der Waals surface area contributed by atoms with Crippen LogP contribution in [0.15, 0.2) is 0 Å². The van der Waals surface area contributed by atoms with E-state index in [4.69, 9.17) is 5.11 Å². The minimum atomic E-state index is -0.693. The van der Waals surface area contributed by atoms with E-state index in [1.807, 2.05) is 0 Å². The maximum atomic E-state index is 10.2. The van der Waals surface area contributed by atoms with Crippen LogP contribution in [0.5, 0.6) is 0 Å². The largest absolute Gasteiger partial charge is 0.481 e. The normalized spacial score (nSPS) is 27.8. The molecule has 0 aromatic rings. The minimum Gasteiger partial charge on any atom is -0.481 e. The first-order valence-corrected chi connectivity index (χ1v) is 5.15. The van der Waals surface area contributed by atoms with E-state index in [2.05, 4.69) is 12.2 Å². The molecule has 0 spiro atoms. The highest BCUT2D eigenvalue weighted by Gasteiger charge is 2.21. The SMILES string of the molecule is CC1CCCC1NCCCC(=O)O. The van der Waals surface area contributed by atoms with Crippen molar-refractivity contribution in [1.82, 2.24) is 5.32 Å². The van der Waals surface area contributed by atoms with Crippen molar-refractivity contribution in [3.05, 3.63) is 0 Å². The Morgan fingerprint density at radius 2 is 2.31 bits per heavy atom. The molecule has 1 aliphatic rings. The van der Waals surface area contributed by atoms with E-state index in [1.54, 1.807) is 0 Å². The molecule has 1 fully saturated rings. The van der Waals surface area contributed by atoms with Crippen LogP contribution in [0.3, 0.4) is 0 Å². The molecule has 0 radical (unpaired) electrons. The second kappa shape index (κ2) is 5.22. The molecule has 0 bridgehead atoms. The van der Waals surface area contributed by atoms with Gasteiger partial charge in [0.2, 0.25) is 0 Å². The minimum absolute atomic E-state index is 0.286. The van der Waals surface area contributed by atoms with Gasteiger partial charge >= 0.3 is 5.97 Å². The van der Waals surface area contributed by atoms with Crippen LogP contribution in [0.25, 0.3) is 0 Å². The topological polar surface area (TPSA) is 49.3 Å². The zero-order chi connectivity index (χ0) is 9.68. The molecule has 2 atom stereocenters. The van der Waals surface area contributed by atoms with Crippen LogP contribution in [0, 0.1) is 5.92 Å². The van der Waals surface area contributed by atoms with Crippen molar-refractivity contribution in [2.75, 3.05) is 6.54 Å². The Kier molecular flexibility index (Phi) is 4.22. The third kappa shape index (κ3) is 3.77. The summed E-state index contributed by atoms with van der Waals surface area (Å²) in [5, 5.41) is 11.9. The number of rotatable bonds is 5. The Hall–Kier alpha value is -0.570. The standard InChI is InChI=1S/C10H19NO2/c1-8-4-2-5-9(8)11-7-3-6-10(12)13/h8-9,11H,2-7H2,1H3,(H,12,13). The molecule has 0 aromatic heterocycles. The fraction of sp³-hybridized carbons (Fsp3) is 0.900. The predicted molar refractivity (Wildman–Crippen MR) is 51.7 cm³/mol. The monoisotopic (exact) mass is 185 g/mol. The van der Waals surface area contributed by atoms with Crippen molar-refractivity contribution in [3.63, 3.8) is 0 Å². The van der Waals surface area contributed by atoms with Gasteiger partial charge in [-0.05, 0) is 31.7 Å². The number of hydrogen-bond acceptors (Lipinski definition) is 2. The molecule has 3 nitrogen and oxygen atoms in total. The van der Waals surface area contributed by atoms with Crippen molar-refractivity contribution in [2.24, 2.45) is 5.92 Å². The second-order valence-electron chi connectivity index (χ2n) is 3.97. The summed E-state index contributed by atoms with van der Waals surface area (Å²) in [4.78, 5) is 10.2. The summed E-state index contributed by atoms with van der Waals surface area (Å²) < 4.78 is 0. The molecular formula is C10H19NO2. The van der Waals surface area contributed by atoms with E-state index in [-0.39, 0.29) is 6.42 Å². The average Bonchev–Trinajstić information content (AvgIpc) is 2.45. The highest BCUT2D eigenvalue weighted by molar-refractivity contribution is 5.66. The van der Waals surface area contributed by atoms with Gasteiger partial charge in [-0.2, -0.15) is 0 Å². The first-order valence-electron chi connectivity index (χ1n) is 5.15. The fourth-order valence-electron chi connectivity index (χ4n) is 1.98. The van der Waals surface area contributed by atoms with Gasteiger partial charge in [0, 0.05) is 12.5 Å². The van der Waals surface area contributed by atoms with E-state index in [9.17, 15) is 4.79 Å². The maximum Gasteiger partial charge on any atom is 0.303 e. The number of hydrogen-bond donors (Lipinski definition) is 2. The zero-order valence-electron chi connectivity index (χ0n) is 8.25. The van der Waals surface area contributed by atoms with Gasteiger partial charge in [0.25, 0.3) is 0 Å². The van der Waals surface area contributed by atoms with Gasteiger partial charge in [-0.15, -0.1) is 0 Å². The molecule has 0 heterocycles. The highest BCUT2D eigenvalue weighted by atomic mass is 16.4. The van der Waals surface area contributed by atoms with Gasteiger partial charge in [-0.25, -0.2) is 0 Å². The van der Waals surface area contributed by atoms with E-state index in [1.165, 1.54) is 19.3 Å². The van der Waals surface area contributed by atoms with Crippen LogP contribution in [0.1, 0.15) is 39.0 Å². The molecule has 1 rings (SSSR count). The van der Waals surface area contributed by atoms with Crippen LogP contribution in [0.2, 0.25) is 0 Å². The summed E-state index contributed by atoms with van der Waals surface area (Å²) >= 11 is 0. The van der Waals surface area contributed by atoms with E-state index >= 15 is 0 Å². The second-order valence-corrected chi connectivity index (χ2v) is 3.97. The molecular weight excluding hydrogens is 166 g/mol. The number of aliphatic carboxylic acids is 1. The van der Waals surface area contributed by atoms with Gasteiger partial charge in [0.1, 0.15) is 0 Å². The van der Waals surface area contributed by atoms with Crippen LogP contribution >= 0.6 is 0 Å². The number of carbonyl (C=O) groups is 1. The van der Waals surface area contributed by atoms with Crippen molar-refractivity contribution >= 4 is 5.97 Å². The summed E-state index contributed by atoms with van der Waals surface area (Å²) in [5.74, 6) is 0.0751. The predicted octanol–water partition coefficient (Wildman–Crippen LogP) is 1.63. The Morgan fingerprint density at radius 3 is 2.85 bits per heavy atom. The lowest BCUT2D eigenvalue weighted by molar-refractivity contribution is -0.137. The fourth-order valence-corrected chi connectivity index (χ4v) is 1.98. The molecule has 76 valence electrons. The molecule has 13 heavy (non-hydrogen) atoms. The molecule has 0 saturated heterocycles. The summed E-state index contributed by atoms with van der Waals surface area (Å²) in [7, 11) is 0. The first kappa shape index (κ1) is 10.5. The lowest BCUT2D eigenvalue weighted by Gasteiger charge is -2.16. The van der Waals surface area contributed by atoms with Gasteiger partial charge in [0.05, 0.1) is 0 Å². The summed E-state index contributed by atoms with van der Waals surface area (Å²) in [6.07, 6.45) is 4.93. The quantitative estimate of drug-likeness (QED) is 0.640. The van der Waals surface area contributed by atoms with Crippen molar-refractivity contribution in [2.45, 2.75) is 45.1 Å². The molecule has 0 aliphatic heterocycles. The third-order valence-corrected chi connectivity index (χ3v) is 2.84. The van der Waals surface area contributed by atoms with Crippen molar-refractivity contribution in [1.29, 1.82) is 0 Å². The Morgan fingerprint density at radius 1 is 1.54 bits per heavy atom. The highest BCUT2D eigenvalue weighted by Crippen LogP contribution is 2.24. The van der Waals surface area contributed by atoms with E-state index < -0.39 is 5.97 Å². The van der Waals surface area contributed by atoms with E-state index in [0.29, 0.717) is 6.04 Å². The summed E-state index contributed by atoms with van der Waals surface area (Å²) in [6, 6.07) is 0.633. The zero-order valence-corrected chi connectivity index (χ0v) is 8.25. The van der Waals surface area contributed by atoms with E-state index in [0.717, 1.165) is 18.9 Å². The van der Waals surface area contributed by atoms with Crippen molar-refractivity contribution < 1.29 is 9.90 Å². The Balaban J connectivity index is 2.02. The molecule has 0 aromatic carbocycles. The summed E-state index contributed by atoms with van der Waals surface area (Å²) in [5.41, 5.74) is 0. The van der Waals surface area contributed by atoms with Gasteiger partial charge in [-0.1, -0.05) is 13.3 Å². The van der Waals surface area contributed by atoms with Crippen LogP contribution < -0.4 is 5.32 Å². The maximum absolute atomic E-state index is 10.2. The smallest absolute Gasteiger partial charge is 0.303 e. The lowest BCUT2D eigenvalue weighted by Crippen LogP contribution is -2.32. The Labute approximate surface area is 79.5 Å². The Bertz CT molecular complexity index is 170. The average molecular weight is 185 g/mol. The van der Waals surface area contributed by atoms with Gasteiger partial charge in [-0.3, -0.25) is 4.79 Å². The first-order chi connectivity index (χ1) is 6.20. The molecule has 2 unspecified atom stereocenters. The molecule has 1 aliphatic carbocycles. The molecule has 3 heteroatoms. The third-order valence-electron chi connectivity index (χ3n) is 2.84. The summed E-state index contributed by atoms with van der Waals surface area (Å²) in [6.45, 7) is 3.11.